The molecule has 5 nitrogen and oxygen atoms in total. The molecule has 0 spiro atoms. The first-order valence-electron chi connectivity index (χ1n) is 7.76. The summed E-state index contributed by atoms with van der Waals surface area (Å²) in [7, 11) is 0. The zero-order valence-electron chi connectivity index (χ0n) is 13.8. The molecule has 3 aromatic rings. The Bertz CT molecular complexity index is 901. The molecule has 1 aromatic carbocycles. The van der Waals surface area contributed by atoms with Gasteiger partial charge in [0.2, 0.25) is 0 Å². The number of fused-ring (bicyclic) bond motifs is 1. The van der Waals surface area contributed by atoms with Gasteiger partial charge in [-0.3, -0.25) is 0 Å². The van der Waals surface area contributed by atoms with Crippen molar-refractivity contribution < 1.29 is 9.53 Å². The molecule has 0 saturated heterocycles. The zero-order chi connectivity index (χ0) is 17.3. The summed E-state index contributed by atoms with van der Waals surface area (Å²) in [6.07, 6.45) is 2.24. The van der Waals surface area contributed by atoms with E-state index in [1.807, 2.05) is 38.1 Å². The quantitative estimate of drug-likeness (QED) is 0.677. The topological polar surface area (TPSA) is 56.5 Å². The van der Waals surface area contributed by atoms with Crippen LogP contribution in [-0.2, 0) is 11.2 Å². The highest BCUT2D eigenvalue weighted by Gasteiger charge is 2.19. The van der Waals surface area contributed by atoms with Crippen molar-refractivity contribution in [1.29, 1.82) is 0 Å². The number of hydrogen-bond acceptors (Lipinski definition) is 4. The molecule has 0 fully saturated rings. The lowest BCUT2D eigenvalue weighted by atomic mass is 10.0. The van der Waals surface area contributed by atoms with Crippen LogP contribution in [0, 0.1) is 13.8 Å². The molecule has 0 aliphatic carbocycles. The van der Waals surface area contributed by atoms with Crippen molar-refractivity contribution in [3.05, 3.63) is 63.6 Å². The summed E-state index contributed by atoms with van der Waals surface area (Å²) in [5.74, 6) is -0.399. The van der Waals surface area contributed by atoms with E-state index in [2.05, 4.69) is 10.1 Å². The van der Waals surface area contributed by atoms with E-state index in [-0.39, 0.29) is 0 Å². The molecule has 0 amide bonds. The Labute approximate surface area is 145 Å². The van der Waals surface area contributed by atoms with Crippen molar-refractivity contribution in [3.63, 3.8) is 0 Å². The van der Waals surface area contributed by atoms with E-state index in [1.165, 1.54) is 6.20 Å². The van der Waals surface area contributed by atoms with Gasteiger partial charge in [-0.2, -0.15) is 5.10 Å². The molecule has 2 heterocycles. The Morgan fingerprint density at radius 3 is 2.62 bits per heavy atom. The van der Waals surface area contributed by atoms with Crippen molar-refractivity contribution in [3.8, 4) is 0 Å². The highest BCUT2D eigenvalue weighted by Crippen LogP contribution is 2.21. The van der Waals surface area contributed by atoms with E-state index in [4.69, 9.17) is 16.3 Å². The molecule has 0 radical (unpaired) electrons. The van der Waals surface area contributed by atoms with E-state index in [9.17, 15) is 4.79 Å². The number of aromatic nitrogens is 3. The summed E-state index contributed by atoms with van der Waals surface area (Å²) >= 11 is 5.94. The molecule has 24 heavy (non-hydrogen) atoms. The average Bonchev–Trinajstić information content (AvgIpc) is 2.97. The first kappa shape index (κ1) is 16.5. The summed E-state index contributed by atoms with van der Waals surface area (Å²) < 4.78 is 6.77. The molecule has 3 rings (SSSR count). The van der Waals surface area contributed by atoms with Crippen LogP contribution in [0.25, 0.3) is 5.65 Å². The van der Waals surface area contributed by atoms with Gasteiger partial charge in [-0.1, -0.05) is 23.7 Å². The number of esters is 1. The first-order valence-corrected chi connectivity index (χ1v) is 8.14. The largest absolute Gasteiger partial charge is 0.462 e. The SMILES string of the molecule is CCOC(=O)c1cnn2c(C)c(Cc3ccc(Cl)cc3)c(C)nc12. The number of carbonyl (C=O) groups is 1. The Kier molecular flexibility index (Phi) is 4.53. The van der Waals surface area contributed by atoms with Crippen LogP contribution in [0.3, 0.4) is 0 Å². The third-order valence-corrected chi connectivity index (χ3v) is 4.25. The minimum Gasteiger partial charge on any atom is -0.462 e. The maximum atomic E-state index is 12.0. The van der Waals surface area contributed by atoms with Gasteiger partial charge < -0.3 is 4.74 Å². The van der Waals surface area contributed by atoms with Gasteiger partial charge in [0.15, 0.2) is 5.65 Å². The van der Waals surface area contributed by atoms with E-state index in [0.29, 0.717) is 22.8 Å². The minimum atomic E-state index is -0.399. The Morgan fingerprint density at radius 2 is 1.96 bits per heavy atom. The molecule has 2 aromatic heterocycles. The Hall–Kier alpha value is -2.40. The second-order valence-electron chi connectivity index (χ2n) is 5.58. The third-order valence-electron chi connectivity index (χ3n) is 4.00. The number of hydrogen-bond donors (Lipinski definition) is 0. The van der Waals surface area contributed by atoms with Crippen LogP contribution in [0.15, 0.2) is 30.5 Å². The summed E-state index contributed by atoms with van der Waals surface area (Å²) in [6, 6.07) is 7.75. The van der Waals surface area contributed by atoms with Crippen LogP contribution in [0.1, 0.15) is 39.8 Å². The number of rotatable bonds is 4. The number of nitrogens with zero attached hydrogens (tertiary/aromatic N) is 3. The lowest BCUT2D eigenvalue weighted by Crippen LogP contribution is -2.09. The number of carbonyl (C=O) groups excluding carboxylic acids is 1. The lowest BCUT2D eigenvalue weighted by Gasteiger charge is -2.11. The van der Waals surface area contributed by atoms with Gasteiger partial charge in [0.25, 0.3) is 0 Å². The van der Waals surface area contributed by atoms with E-state index in [1.54, 1.807) is 11.4 Å². The van der Waals surface area contributed by atoms with Crippen molar-refractivity contribution in [2.24, 2.45) is 0 Å². The van der Waals surface area contributed by atoms with Crippen molar-refractivity contribution in [1.82, 2.24) is 14.6 Å². The fourth-order valence-electron chi connectivity index (χ4n) is 2.73. The zero-order valence-corrected chi connectivity index (χ0v) is 14.6. The molecule has 0 saturated carbocycles. The summed E-state index contributed by atoms with van der Waals surface area (Å²) in [5.41, 5.74) is 4.99. The standard InChI is InChI=1S/C18H18ClN3O2/c1-4-24-18(23)16-10-20-22-12(3)15(11(2)21-17(16)22)9-13-5-7-14(19)8-6-13/h5-8,10H,4,9H2,1-3H3. The molecule has 0 atom stereocenters. The van der Waals surface area contributed by atoms with Crippen molar-refractivity contribution in [2.45, 2.75) is 27.2 Å². The van der Waals surface area contributed by atoms with Gasteiger partial charge in [-0.25, -0.2) is 14.3 Å². The van der Waals surface area contributed by atoms with Gasteiger partial charge in [0.05, 0.1) is 12.8 Å². The first-order chi connectivity index (χ1) is 11.5. The fraction of sp³-hybridized carbons (Fsp3) is 0.278. The minimum absolute atomic E-state index is 0.322. The molecule has 0 bridgehead atoms. The molecule has 0 aliphatic heterocycles. The Morgan fingerprint density at radius 1 is 1.25 bits per heavy atom. The van der Waals surface area contributed by atoms with Gasteiger partial charge in [0.1, 0.15) is 5.56 Å². The van der Waals surface area contributed by atoms with E-state index < -0.39 is 5.97 Å². The van der Waals surface area contributed by atoms with Gasteiger partial charge in [-0.05, 0) is 44.0 Å². The van der Waals surface area contributed by atoms with Crippen molar-refractivity contribution in [2.75, 3.05) is 6.61 Å². The second-order valence-corrected chi connectivity index (χ2v) is 6.01. The molecule has 0 unspecified atom stereocenters. The van der Waals surface area contributed by atoms with Crippen LogP contribution in [0.2, 0.25) is 5.02 Å². The van der Waals surface area contributed by atoms with E-state index in [0.717, 1.165) is 28.9 Å². The van der Waals surface area contributed by atoms with Gasteiger partial charge in [0, 0.05) is 22.8 Å². The normalized spacial score (nSPS) is 11.0. The fourth-order valence-corrected chi connectivity index (χ4v) is 2.85. The molecule has 6 heteroatoms. The molecule has 124 valence electrons. The summed E-state index contributed by atoms with van der Waals surface area (Å²) in [5, 5.41) is 5.03. The predicted molar refractivity (Wildman–Crippen MR) is 92.7 cm³/mol. The summed E-state index contributed by atoms with van der Waals surface area (Å²) in [4.78, 5) is 16.6. The molecular formula is C18H18ClN3O2. The number of ether oxygens (including phenoxy) is 1. The highest BCUT2D eigenvalue weighted by atomic mass is 35.5. The number of aryl methyl sites for hydroxylation is 2. The van der Waals surface area contributed by atoms with Crippen LogP contribution in [0.5, 0.6) is 0 Å². The van der Waals surface area contributed by atoms with Gasteiger partial charge in [-0.15, -0.1) is 0 Å². The Balaban J connectivity index is 2.04. The number of halogens is 1. The maximum absolute atomic E-state index is 12.0. The van der Waals surface area contributed by atoms with Crippen LogP contribution >= 0.6 is 11.6 Å². The maximum Gasteiger partial charge on any atom is 0.343 e. The van der Waals surface area contributed by atoms with Crippen LogP contribution < -0.4 is 0 Å². The second kappa shape index (κ2) is 6.61. The van der Waals surface area contributed by atoms with Crippen molar-refractivity contribution >= 4 is 23.2 Å². The molecule has 0 N–H and O–H groups in total. The van der Waals surface area contributed by atoms with E-state index >= 15 is 0 Å². The van der Waals surface area contributed by atoms with Crippen LogP contribution in [0.4, 0.5) is 0 Å². The molecule has 0 aliphatic rings. The summed E-state index contributed by atoms with van der Waals surface area (Å²) in [6.45, 7) is 6.02. The van der Waals surface area contributed by atoms with Crippen LogP contribution in [-0.4, -0.2) is 27.2 Å². The lowest BCUT2D eigenvalue weighted by molar-refractivity contribution is 0.0528. The highest BCUT2D eigenvalue weighted by molar-refractivity contribution is 6.30. The predicted octanol–water partition coefficient (Wildman–Crippen LogP) is 3.77. The number of benzene rings is 1. The van der Waals surface area contributed by atoms with Gasteiger partial charge >= 0.3 is 5.97 Å². The smallest absolute Gasteiger partial charge is 0.343 e. The monoisotopic (exact) mass is 343 g/mol. The third kappa shape index (κ3) is 2.99. The molecular weight excluding hydrogens is 326 g/mol. The average molecular weight is 344 g/mol.